The van der Waals surface area contributed by atoms with Crippen molar-refractivity contribution in [2.24, 2.45) is 11.5 Å². The SMILES string of the molecule is CC(O)C(NC(=O)[C@@H]1CSSC[C@H](NC(=O)[C@@H](Cc2ccccc2)NC(=O)CCCC(=O)NC23CNCCNCC(N)(CNCCNC2)NCCN3)C(=O)N[C@@H](Cc2ccc(O)cc2)C(=O)N[C@H](Cc2c[nH]c3ccccc23)C(=O)N[C@@H](CCCCN)C(=O)NC(C(C)O)C(=O)N1)C(=O)O. The number of para-hydroxylation sites is 1. The lowest BCUT2D eigenvalue weighted by Gasteiger charge is -2.39. The van der Waals surface area contributed by atoms with E-state index in [9.17, 15) is 54.0 Å². The number of carbonyl (C=O) groups excluding carboxylic acids is 9. The van der Waals surface area contributed by atoms with Crippen molar-refractivity contribution in [3.63, 3.8) is 0 Å². The number of nitrogens with two attached hydrogens (primary N) is 2. The molecule has 1 aromatic heterocycles. The third-order valence-corrected chi connectivity index (χ3v) is 19.5. The summed E-state index contributed by atoms with van der Waals surface area (Å²) in [6.07, 6.45) is -1.81. The maximum atomic E-state index is 15.2. The Labute approximate surface area is 588 Å². The highest BCUT2D eigenvalue weighted by Crippen LogP contribution is 2.25. The minimum absolute atomic E-state index is 0.0608. The highest BCUT2D eigenvalue weighted by molar-refractivity contribution is 8.76. The normalized spacial score (nSPS) is 25.0. The van der Waals surface area contributed by atoms with Crippen LogP contribution < -0.4 is 91.2 Å². The minimum Gasteiger partial charge on any atom is -0.508 e. The Kier molecular flexibility index (Phi) is 31.6. The molecule has 0 aliphatic carbocycles. The first-order chi connectivity index (χ1) is 47.9. The Morgan fingerprint density at radius 1 is 0.630 bits per heavy atom. The van der Waals surface area contributed by atoms with Crippen LogP contribution in [-0.2, 0) is 67.2 Å². The molecule has 32 nitrogen and oxygen atoms in total. The van der Waals surface area contributed by atoms with Gasteiger partial charge in [0, 0.05) is 126 Å². The van der Waals surface area contributed by atoms with Gasteiger partial charge in [0.25, 0.3) is 0 Å². The number of aliphatic carboxylic acids is 1. The number of aromatic hydroxyl groups is 1. The molecule has 10 atom stereocenters. The van der Waals surface area contributed by atoms with E-state index in [0.29, 0.717) is 99.5 Å². The molecule has 4 unspecified atom stereocenters. The molecule has 0 spiro atoms. The molecule has 7 rings (SSSR count). The molecule has 3 saturated heterocycles. The van der Waals surface area contributed by atoms with E-state index in [2.05, 4.69) is 84.7 Å². The van der Waals surface area contributed by atoms with E-state index in [1.165, 1.54) is 31.2 Å². The van der Waals surface area contributed by atoms with Gasteiger partial charge < -0.3 is 106 Å². The van der Waals surface area contributed by atoms with Crippen molar-refractivity contribution >= 4 is 91.6 Å². The number of aromatic nitrogens is 1. The number of benzene rings is 3. The van der Waals surface area contributed by atoms with E-state index in [1.54, 1.807) is 60.8 Å². The van der Waals surface area contributed by atoms with E-state index in [4.69, 9.17) is 11.5 Å². The fourth-order valence-electron chi connectivity index (χ4n) is 11.6. The number of aliphatic hydroxyl groups is 2. The number of H-pyrrole nitrogens is 1. The summed E-state index contributed by atoms with van der Waals surface area (Å²) in [6.45, 7) is 7.62. The van der Waals surface area contributed by atoms with Gasteiger partial charge in [-0.2, -0.15) is 0 Å². The van der Waals surface area contributed by atoms with Crippen LogP contribution in [0.1, 0.15) is 69.1 Å². The Hall–Kier alpha value is -8.00. The van der Waals surface area contributed by atoms with Gasteiger partial charge in [0.1, 0.15) is 53.7 Å². The molecule has 3 aliphatic rings. The Morgan fingerprint density at radius 3 is 1.89 bits per heavy atom. The predicted octanol–water partition coefficient (Wildman–Crippen LogP) is -4.65. The van der Waals surface area contributed by atoms with Crippen molar-refractivity contribution in [2.75, 3.05) is 83.5 Å². The average molecular weight is 1430 g/mol. The molecule has 2 bridgehead atoms. The number of carboxylic acid groups (broad SMARTS) is 1. The Morgan fingerprint density at radius 2 is 1.23 bits per heavy atom. The van der Waals surface area contributed by atoms with Crippen molar-refractivity contribution in [1.29, 1.82) is 0 Å². The zero-order valence-corrected chi connectivity index (χ0v) is 57.9. The average Bonchev–Trinajstić information content (AvgIpc) is 1.63. The van der Waals surface area contributed by atoms with E-state index in [0.717, 1.165) is 28.5 Å². The third kappa shape index (κ3) is 25.3. The maximum absolute atomic E-state index is 15.2. The highest BCUT2D eigenvalue weighted by atomic mass is 33.1. The van der Waals surface area contributed by atoms with Crippen LogP contribution in [-0.4, -0.2) is 240 Å². The van der Waals surface area contributed by atoms with E-state index < -0.39 is 131 Å². The van der Waals surface area contributed by atoms with E-state index in [-0.39, 0.29) is 75.3 Å². The third-order valence-electron chi connectivity index (χ3n) is 17.1. The zero-order chi connectivity index (χ0) is 72.2. The lowest BCUT2D eigenvalue weighted by Crippen LogP contribution is -2.72. The molecule has 3 aromatic carbocycles. The number of fused-ring (bicyclic) bond motifs is 6. The number of unbranched alkanes of at least 4 members (excludes halogenated alkanes) is 1. The molecule has 3 fully saturated rings. The first-order valence-corrected chi connectivity index (χ1v) is 36.2. The number of aromatic amines is 1. The van der Waals surface area contributed by atoms with E-state index >= 15 is 14.4 Å². The number of carbonyl (C=O) groups is 10. The second kappa shape index (κ2) is 39.9. The molecule has 34 heteroatoms. The zero-order valence-electron chi connectivity index (χ0n) is 56.3. The number of nitrogens with one attached hydrogen (secondary N) is 16. The second-order valence-electron chi connectivity index (χ2n) is 25.4. The van der Waals surface area contributed by atoms with Crippen LogP contribution in [0.4, 0.5) is 0 Å². The Balaban J connectivity index is 1.20. The molecule has 100 heavy (non-hydrogen) atoms. The lowest BCUT2D eigenvalue weighted by atomic mass is 10.0. The number of rotatable bonds is 23. The number of aliphatic hydroxyl groups excluding tert-OH is 2. The van der Waals surface area contributed by atoms with Gasteiger partial charge in [-0.25, -0.2) is 4.79 Å². The number of hydrogen-bond donors (Lipinski definition) is 22. The summed E-state index contributed by atoms with van der Waals surface area (Å²) < 4.78 is 0. The minimum atomic E-state index is -1.88. The maximum Gasteiger partial charge on any atom is 0.328 e. The van der Waals surface area contributed by atoms with Crippen molar-refractivity contribution in [3.8, 4) is 5.75 Å². The summed E-state index contributed by atoms with van der Waals surface area (Å²) >= 11 is 0. The molecule has 24 N–H and O–H groups in total. The summed E-state index contributed by atoms with van der Waals surface area (Å²) in [5.41, 5.74) is 13.2. The largest absolute Gasteiger partial charge is 0.508 e. The number of carboxylic acids is 1. The molecule has 3 aliphatic heterocycles. The van der Waals surface area contributed by atoms with Gasteiger partial charge >= 0.3 is 5.97 Å². The molecular formula is C66H98N18O14S2. The summed E-state index contributed by atoms with van der Waals surface area (Å²) in [4.78, 5) is 147. The molecule has 4 heterocycles. The van der Waals surface area contributed by atoms with Gasteiger partial charge in [-0.1, -0.05) is 82.3 Å². The first-order valence-electron chi connectivity index (χ1n) is 33.7. The molecule has 4 aromatic rings. The van der Waals surface area contributed by atoms with Gasteiger partial charge in [0.15, 0.2) is 6.04 Å². The van der Waals surface area contributed by atoms with Gasteiger partial charge in [-0.05, 0) is 81.0 Å². The van der Waals surface area contributed by atoms with Gasteiger partial charge in [0.05, 0.1) is 17.9 Å². The van der Waals surface area contributed by atoms with Crippen LogP contribution in [0, 0.1) is 0 Å². The predicted molar refractivity (Wildman–Crippen MR) is 377 cm³/mol. The molecule has 9 amide bonds. The summed E-state index contributed by atoms with van der Waals surface area (Å²) in [5, 5.41) is 87.2. The van der Waals surface area contributed by atoms with Crippen LogP contribution >= 0.6 is 21.6 Å². The van der Waals surface area contributed by atoms with Crippen molar-refractivity contribution in [1.82, 2.24) is 84.7 Å². The molecule has 0 radical (unpaired) electrons. The molecular weight excluding hydrogens is 1330 g/mol. The summed E-state index contributed by atoms with van der Waals surface area (Å²) in [6, 6.07) is 8.82. The molecule has 0 saturated carbocycles. The van der Waals surface area contributed by atoms with E-state index in [1.807, 2.05) is 0 Å². The summed E-state index contributed by atoms with van der Waals surface area (Å²) in [7, 11) is 1.75. The second-order valence-corrected chi connectivity index (χ2v) is 27.9. The van der Waals surface area contributed by atoms with Crippen molar-refractivity contribution in [2.45, 2.75) is 144 Å². The van der Waals surface area contributed by atoms with Gasteiger partial charge in [-0.3, -0.25) is 53.8 Å². The van der Waals surface area contributed by atoms with Crippen LogP contribution in [0.5, 0.6) is 5.75 Å². The standard InChI is InChI=1S/C66H98N18O14S2/c1-39(85)55-63(96)81-52(62(95)83-56(40(2)86)64(97)98)34-100-99-33-51(61(94)78-49(30-42-18-20-44(87)21-19-42)59(92)79-50(31-43-32-73-46-14-7-6-13-45(43)46)60(93)77-47(57(90)82-55)15-8-9-22-67)80-58(91)48(29-41-11-4-3-5-12-41)76-53(88)16-10-17-54(89)84-66-37-71-25-23-69-35-65(68,74-27-28-75-66)36-70-24-26-72-38-66/h3-7,11-14,18-21,32,39-40,47-52,55-56,69-75,85-87H,8-10,15-17,22-31,33-38,67-68H2,1-2H3,(H,76,88)(H,77,93)(H,78,94)(H,79,92)(H,80,91)(H,81,96)(H,82,90)(H,83,95)(H,84,89)(H,97,98)/t39?,40?,47-,48+,49-,50+,51-,52-,55?,56?,65?,66?/m0/s1. The smallest absolute Gasteiger partial charge is 0.328 e. The summed E-state index contributed by atoms with van der Waals surface area (Å²) in [5.74, 6) is -10.3. The van der Waals surface area contributed by atoms with Crippen LogP contribution in [0.25, 0.3) is 10.9 Å². The topological polar surface area (TPSA) is 500 Å². The number of amides is 9. The quantitative estimate of drug-likeness (QED) is 0.0245. The van der Waals surface area contributed by atoms with Crippen molar-refractivity contribution in [3.05, 3.63) is 102 Å². The number of hydrogen-bond acceptors (Lipinski definition) is 23. The van der Waals surface area contributed by atoms with Crippen LogP contribution in [0.3, 0.4) is 0 Å². The first kappa shape index (κ1) is 79.3. The Bertz CT molecular complexity index is 3360. The van der Waals surface area contributed by atoms with Crippen LogP contribution in [0.15, 0.2) is 85.1 Å². The van der Waals surface area contributed by atoms with Crippen molar-refractivity contribution < 1.29 is 68.4 Å². The van der Waals surface area contributed by atoms with Gasteiger partial charge in [-0.15, -0.1) is 0 Å². The number of phenolic OH excluding ortho intramolecular Hbond substituents is 1. The monoisotopic (exact) mass is 1430 g/mol. The fourth-order valence-corrected chi connectivity index (χ4v) is 13.9. The highest BCUT2D eigenvalue weighted by Gasteiger charge is 2.39. The fraction of sp³-hybridized carbons (Fsp3) is 0.545. The molecule has 548 valence electrons. The van der Waals surface area contributed by atoms with Gasteiger partial charge in [0.2, 0.25) is 53.2 Å². The lowest BCUT2D eigenvalue weighted by molar-refractivity contribution is -0.145. The number of phenols is 1. The van der Waals surface area contributed by atoms with Crippen LogP contribution in [0.2, 0.25) is 0 Å².